The standard InChI is InChI=1S/C7H10N2O6S2/c1-5-4-6(16(10,11)14-8)2-3-7(5)17(12,13)15-9/h2-4H,8-9H2,1H3. The van der Waals surface area contributed by atoms with E-state index < -0.39 is 20.2 Å². The van der Waals surface area contributed by atoms with Gasteiger partial charge >= 0.3 is 20.2 Å². The first-order valence-electron chi connectivity index (χ1n) is 4.12. The Bertz CT molecular complexity index is 622. The molecule has 8 nitrogen and oxygen atoms in total. The van der Waals surface area contributed by atoms with Crippen LogP contribution < -0.4 is 11.8 Å². The molecule has 0 bridgehead atoms. The minimum absolute atomic E-state index is 0.133. The zero-order chi connectivity index (χ0) is 13.3. The van der Waals surface area contributed by atoms with E-state index in [0.717, 1.165) is 18.2 Å². The highest BCUT2D eigenvalue weighted by molar-refractivity contribution is 7.87. The minimum atomic E-state index is -4.09. The van der Waals surface area contributed by atoms with Crippen LogP contribution in [0.25, 0.3) is 0 Å². The normalized spacial score (nSPS) is 12.6. The number of nitrogens with two attached hydrogens (primary N) is 2. The van der Waals surface area contributed by atoms with Crippen molar-refractivity contribution in [2.24, 2.45) is 11.8 Å². The lowest BCUT2D eigenvalue weighted by Gasteiger charge is -2.06. The van der Waals surface area contributed by atoms with Crippen LogP contribution in [0.2, 0.25) is 0 Å². The third kappa shape index (κ3) is 2.80. The van der Waals surface area contributed by atoms with Gasteiger partial charge < -0.3 is 0 Å². The number of aryl methyl sites for hydroxylation is 1. The van der Waals surface area contributed by atoms with Gasteiger partial charge in [0.05, 0.1) is 9.79 Å². The average Bonchev–Trinajstić information content (AvgIpc) is 2.28. The van der Waals surface area contributed by atoms with Gasteiger partial charge in [0.15, 0.2) is 0 Å². The highest BCUT2D eigenvalue weighted by Crippen LogP contribution is 2.21. The van der Waals surface area contributed by atoms with Crippen LogP contribution in [0, 0.1) is 6.92 Å². The third-order valence-electron chi connectivity index (χ3n) is 1.96. The Morgan fingerprint density at radius 1 is 1.00 bits per heavy atom. The van der Waals surface area contributed by atoms with Crippen LogP contribution in [0.15, 0.2) is 28.0 Å². The number of rotatable bonds is 4. The molecule has 0 saturated heterocycles. The van der Waals surface area contributed by atoms with Gasteiger partial charge in [-0.15, -0.1) is 0 Å². The van der Waals surface area contributed by atoms with Crippen molar-refractivity contribution in [2.75, 3.05) is 0 Å². The molecule has 0 aromatic heterocycles. The molecular weight excluding hydrogens is 272 g/mol. The van der Waals surface area contributed by atoms with Gasteiger partial charge in [0, 0.05) is 0 Å². The van der Waals surface area contributed by atoms with Crippen molar-refractivity contribution in [2.45, 2.75) is 16.7 Å². The van der Waals surface area contributed by atoms with E-state index in [4.69, 9.17) is 0 Å². The summed E-state index contributed by atoms with van der Waals surface area (Å²) in [5.74, 6) is 9.19. The predicted molar refractivity (Wildman–Crippen MR) is 56.1 cm³/mol. The molecule has 0 unspecified atom stereocenters. The van der Waals surface area contributed by atoms with E-state index in [1.54, 1.807) is 0 Å². The quantitative estimate of drug-likeness (QED) is 0.681. The molecule has 0 saturated carbocycles. The van der Waals surface area contributed by atoms with E-state index in [1.165, 1.54) is 6.92 Å². The number of hydrogen-bond donors (Lipinski definition) is 2. The zero-order valence-corrected chi connectivity index (χ0v) is 10.3. The Labute approximate surface area is 98.3 Å². The number of hydrogen-bond acceptors (Lipinski definition) is 8. The molecular formula is C7H10N2O6S2. The van der Waals surface area contributed by atoms with Crippen molar-refractivity contribution in [1.29, 1.82) is 0 Å². The Kier molecular flexibility index (Phi) is 3.86. The van der Waals surface area contributed by atoms with E-state index in [-0.39, 0.29) is 15.4 Å². The second-order valence-electron chi connectivity index (χ2n) is 3.03. The first kappa shape index (κ1) is 14.0. The Morgan fingerprint density at radius 3 is 1.94 bits per heavy atom. The van der Waals surface area contributed by atoms with Gasteiger partial charge in [0.1, 0.15) is 0 Å². The summed E-state index contributed by atoms with van der Waals surface area (Å²) in [5, 5.41) is 0. The highest BCUT2D eigenvalue weighted by atomic mass is 32.2. The SMILES string of the molecule is Cc1cc(S(=O)(=O)ON)ccc1S(=O)(=O)ON. The van der Waals surface area contributed by atoms with Gasteiger partial charge in [-0.3, -0.25) is 0 Å². The van der Waals surface area contributed by atoms with Crippen LogP contribution in [-0.2, 0) is 28.8 Å². The Morgan fingerprint density at radius 2 is 1.53 bits per heavy atom. The summed E-state index contributed by atoms with van der Waals surface area (Å²) in [6, 6.07) is 3.12. The fraction of sp³-hybridized carbons (Fsp3) is 0.143. The Hall–Kier alpha value is -1.04. The average molecular weight is 282 g/mol. The molecule has 96 valence electrons. The summed E-state index contributed by atoms with van der Waals surface area (Å²) in [4.78, 5) is -0.510. The zero-order valence-electron chi connectivity index (χ0n) is 8.65. The molecule has 1 rings (SSSR count). The molecule has 0 aliphatic rings. The predicted octanol–water partition coefficient (Wildman–Crippen LogP) is -0.847. The summed E-state index contributed by atoms with van der Waals surface area (Å²) >= 11 is 0. The largest absolute Gasteiger partial charge is 0.312 e. The molecule has 0 aliphatic heterocycles. The van der Waals surface area contributed by atoms with Gasteiger partial charge in [0.2, 0.25) is 0 Å². The summed E-state index contributed by atoms with van der Waals surface area (Å²) in [6.45, 7) is 1.38. The van der Waals surface area contributed by atoms with E-state index in [9.17, 15) is 16.8 Å². The molecule has 0 spiro atoms. The first-order valence-corrected chi connectivity index (χ1v) is 6.93. The third-order valence-corrected chi connectivity index (χ3v) is 4.29. The maximum Gasteiger partial charge on any atom is 0.312 e. The van der Waals surface area contributed by atoms with Crippen molar-refractivity contribution >= 4 is 20.2 Å². The van der Waals surface area contributed by atoms with Crippen molar-refractivity contribution in [3.8, 4) is 0 Å². The molecule has 0 radical (unpaired) electrons. The van der Waals surface area contributed by atoms with Crippen LogP contribution in [-0.4, -0.2) is 16.8 Å². The lowest BCUT2D eigenvalue weighted by Crippen LogP contribution is -2.14. The van der Waals surface area contributed by atoms with Gasteiger partial charge in [-0.25, -0.2) is 0 Å². The summed E-state index contributed by atoms with van der Waals surface area (Å²) in [5.41, 5.74) is 0.133. The second-order valence-corrected chi connectivity index (χ2v) is 6.14. The molecule has 0 aliphatic carbocycles. The molecule has 1 aromatic rings. The van der Waals surface area contributed by atoms with Gasteiger partial charge in [-0.05, 0) is 30.7 Å². The molecule has 0 heterocycles. The summed E-state index contributed by atoms with van der Waals surface area (Å²) < 4.78 is 52.7. The molecule has 0 amide bonds. The fourth-order valence-corrected chi connectivity index (χ4v) is 2.62. The maximum absolute atomic E-state index is 11.3. The van der Waals surface area contributed by atoms with Gasteiger partial charge in [-0.2, -0.15) is 37.2 Å². The van der Waals surface area contributed by atoms with Crippen molar-refractivity contribution in [1.82, 2.24) is 0 Å². The van der Waals surface area contributed by atoms with E-state index >= 15 is 0 Å². The van der Waals surface area contributed by atoms with Crippen molar-refractivity contribution in [3.05, 3.63) is 23.8 Å². The Balaban J connectivity index is 3.40. The van der Waals surface area contributed by atoms with E-state index in [0.29, 0.717) is 0 Å². The first-order chi connectivity index (χ1) is 7.74. The molecule has 4 N–H and O–H groups in total. The van der Waals surface area contributed by atoms with Crippen LogP contribution in [0.5, 0.6) is 0 Å². The van der Waals surface area contributed by atoms with Crippen LogP contribution in [0.1, 0.15) is 5.56 Å². The smallest absolute Gasteiger partial charge is 0.197 e. The van der Waals surface area contributed by atoms with Crippen molar-refractivity contribution in [3.63, 3.8) is 0 Å². The molecule has 10 heteroatoms. The van der Waals surface area contributed by atoms with E-state index in [1.807, 2.05) is 0 Å². The van der Waals surface area contributed by atoms with Crippen molar-refractivity contribution < 1.29 is 25.4 Å². The second kappa shape index (κ2) is 4.68. The highest BCUT2D eigenvalue weighted by Gasteiger charge is 2.20. The van der Waals surface area contributed by atoms with Crippen LogP contribution in [0.3, 0.4) is 0 Å². The monoisotopic (exact) mass is 282 g/mol. The minimum Gasteiger partial charge on any atom is -0.197 e. The van der Waals surface area contributed by atoms with Crippen LogP contribution in [0.4, 0.5) is 0 Å². The lowest BCUT2D eigenvalue weighted by molar-refractivity contribution is 0.330. The van der Waals surface area contributed by atoms with Crippen LogP contribution >= 0.6 is 0 Å². The topological polar surface area (TPSA) is 139 Å². The summed E-state index contributed by atoms with van der Waals surface area (Å²) in [6.07, 6.45) is 0. The van der Waals surface area contributed by atoms with E-state index in [2.05, 4.69) is 20.4 Å². The fourth-order valence-electron chi connectivity index (χ4n) is 1.17. The molecule has 0 fully saturated rings. The van der Waals surface area contributed by atoms with Gasteiger partial charge in [0.25, 0.3) is 0 Å². The number of benzene rings is 1. The molecule has 17 heavy (non-hydrogen) atoms. The summed E-state index contributed by atoms with van der Waals surface area (Å²) in [7, 11) is -8.17. The maximum atomic E-state index is 11.3. The van der Waals surface area contributed by atoms with Gasteiger partial charge in [-0.1, -0.05) is 0 Å². The lowest BCUT2D eigenvalue weighted by atomic mass is 10.2. The molecule has 1 aromatic carbocycles. The molecule has 0 atom stereocenters.